The molecule has 1 aliphatic heterocycles. The van der Waals surface area contributed by atoms with Gasteiger partial charge in [0.1, 0.15) is 5.82 Å². The summed E-state index contributed by atoms with van der Waals surface area (Å²) < 4.78 is 27.4. The molecular weight excluding hydrogens is 298 g/mol. The molecule has 1 aromatic carbocycles. The summed E-state index contributed by atoms with van der Waals surface area (Å²) in [6.45, 7) is 2.45. The standard InChI is InChI=1S/C16H19N3O2S/c1-12-6-8-13(9-7-12)22(20,21)19-11-3-5-15(19)14-4-2-10-18-16(14)17/h2,4,6-10,15H,3,5,11H2,1H3,(H2,17,18)/t15-/m0/s1. The molecular formula is C16H19N3O2S. The average Bonchev–Trinajstić information content (AvgIpc) is 2.98. The van der Waals surface area contributed by atoms with Crippen molar-refractivity contribution in [1.82, 2.24) is 9.29 Å². The SMILES string of the molecule is Cc1ccc(S(=O)(=O)N2CCC[C@H]2c2cccnc2N)cc1. The Balaban J connectivity index is 1.99. The van der Waals surface area contributed by atoms with Crippen molar-refractivity contribution in [2.45, 2.75) is 30.7 Å². The molecule has 1 fully saturated rings. The lowest BCUT2D eigenvalue weighted by Crippen LogP contribution is -2.31. The van der Waals surface area contributed by atoms with Crippen LogP contribution < -0.4 is 5.73 Å². The molecule has 1 aliphatic rings. The molecule has 0 spiro atoms. The lowest BCUT2D eigenvalue weighted by molar-refractivity contribution is 0.397. The molecule has 1 saturated heterocycles. The van der Waals surface area contributed by atoms with Crippen LogP contribution in [0.2, 0.25) is 0 Å². The summed E-state index contributed by atoms with van der Waals surface area (Å²) >= 11 is 0. The van der Waals surface area contributed by atoms with E-state index in [0.717, 1.165) is 24.0 Å². The molecule has 0 aliphatic carbocycles. The molecule has 5 nitrogen and oxygen atoms in total. The first-order valence-corrected chi connectivity index (χ1v) is 8.73. The lowest BCUT2D eigenvalue weighted by atomic mass is 10.1. The van der Waals surface area contributed by atoms with Crippen molar-refractivity contribution in [3.8, 4) is 0 Å². The molecule has 0 amide bonds. The van der Waals surface area contributed by atoms with E-state index in [4.69, 9.17) is 5.73 Å². The molecule has 2 N–H and O–H groups in total. The highest BCUT2D eigenvalue weighted by molar-refractivity contribution is 7.89. The Labute approximate surface area is 130 Å². The topological polar surface area (TPSA) is 76.3 Å². The van der Waals surface area contributed by atoms with Crippen LogP contribution in [0.4, 0.5) is 5.82 Å². The molecule has 0 bridgehead atoms. The van der Waals surface area contributed by atoms with Crippen molar-refractivity contribution in [1.29, 1.82) is 0 Å². The minimum absolute atomic E-state index is 0.236. The number of sulfonamides is 1. The quantitative estimate of drug-likeness (QED) is 0.943. The van der Waals surface area contributed by atoms with Crippen LogP contribution in [0.25, 0.3) is 0 Å². The first-order valence-electron chi connectivity index (χ1n) is 7.29. The number of aryl methyl sites for hydroxylation is 1. The Morgan fingerprint density at radius 1 is 1.23 bits per heavy atom. The number of nitrogens with two attached hydrogens (primary N) is 1. The second-order valence-corrected chi connectivity index (χ2v) is 7.46. The number of benzene rings is 1. The van der Waals surface area contributed by atoms with E-state index in [-0.39, 0.29) is 6.04 Å². The van der Waals surface area contributed by atoms with Crippen molar-refractivity contribution in [2.75, 3.05) is 12.3 Å². The van der Waals surface area contributed by atoms with Crippen molar-refractivity contribution in [3.05, 3.63) is 53.7 Å². The number of anilines is 1. The van der Waals surface area contributed by atoms with Crippen LogP contribution in [-0.4, -0.2) is 24.3 Å². The van der Waals surface area contributed by atoms with Gasteiger partial charge >= 0.3 is 0 Å². The molecule has 0 saturated carbocycles. The van der Waals surface area contributed by atoms with Crippen LogP contribution in [0.15, 0.2) is 47.5 Å². The number of rotatable bonds is 3. The Morgan fingerprint density at radius 3 is 2.64 bits per heavy atom. The zero-order valence-electron chi connectivity index (χ0n) is 12.4. The van der Waals surface area contributed by atoms with Gasteiger partial charge in [0.05, 0.1) is 10.9 Å². The summed E-state index contributed by atoms with van der Waals surface area (Å²) in [6.07, 6.45) is 3.21. The molecule has 1 aromatic heterocycles. The third-order valence-electron chi connectivity index (χ3n) is 4.06. The van der Waals surface area contributed by atoms with Crippen molar-refractivity contribution in [3.63, 3.8) is 0 Å². The molecule has 0 unspecified atom stereocenters. The van der Waals surface area contributed by atoms with E-state index in [1.165, 1.54) is 0 Å². The largest absolute Gasteiger partial charge is 0.383 e. The van der Waals surface area contributed by atoms with E-state index < -0.39 is 10.0 Å². The maximum Gasteiger partial charge on any atom is 0.243 e. The third-order valence-corrected chi connectivity index (χ3v) is 5.98. The van der Waals surface area contributed by atoms with Gasteiger partial charge in [0.2, 0.25) is 10.0 Å². The molecule has 0 radical (unpaired) electrons. The predicted molar refractivity (Wildman–Crippen MR) is 85.7 cm³/mol. The minimum atomic E-state index is -3.52. The minimum Gasteiger partial charge on any atom is -0.383 e. The van der Waals surface area contributed by atoms with Crippen LogP contribution in [0.1, 0.15) is 30.0 Å². The first-order chi connectivity index (χ1) is 10.5. The number of hydrogen-bond acceptors (Lipinski definition) is 4. The predicted octanol–water partition coefficient (Wildman–Crippen LogP) is 2.50. The maximum atomic E-state index is 12.9. The number of hydrogen-bond donors (Lipinski definition) is 1. The van der Waals surface area contributed by atoms with E-state index in [2.05, 4.69) is 4.98 Å². The molecule has 2 aromatic rings. The molecule has 116 valence electrons. The van der Waals surface area contributed by atoms with Gasteiger partial charge in [-0.3, -0.25) is 0 Å². The number of aromatic nitrogens is 1. The highest BCUT2D eigenvalue weighted by atomic mass is 32.2. The normalized spacial score (nSPS) is 19.4. The van der Waals surface area contributed by atoms with Gasteiger partial charge in [0.15, 0.2) is 0 Å². The number of nitrogens with zero attached hydrogens (tertiary/aromatic N) is 2. The Hall–Kier alpha value is -1.92. The third kappa shape index (κ3) is 2.60. The summed E-state index contributed by atoms with van der Waals surface area (Å²) in [4.78, 5) is 4.41. The van der Waals surface area contributed by atoms with Gasteiger partial charge in [-0.25, -0.2) is 13.4 Å². The van der Waals surface area contributed by atoms with Gasteiger partial charge in [0.25, 0.3) is 0 Å². The van der Waals surface area contributed by atoms with Crippen LogP contribution in [0.5, 0.6) is 0 Å². The van der Waals surface area contributed by atoms with Gasteiger partial charge in [0, 0.05) is 18.3 Å². The Kier molecular flexibility index (Phi) is 3.88. The van der Waals surface area contributed by atoms with E-state index in [1.54, 1.807) is 28.7 Å². The van der Waals surface area contributed by atoms with Gasteiger partial charge in [-0.05, 0) is 38.0 Å². The fourth-order valence-electron chi connectivity index (χ4n) is 2.90. The zero-order chi connectivity index (χ0) is 15.7. The number of nitrogen functional groups attached to an aromatic ring is 1. The van der Waals surface area contributed by atoms with Crippen molar-refractivity contribution in [2.24, 2.45) is 0 Å². The molecule has 6 heteroatoms. The summed E-state index contributed by atoms with van der Waals surface area (Å²) in [5.41, 5.74) is 7.76. The van der Waals surface area contributed by atoms with Crippen molar-refractivity contribution >= 4 is 15.8 Å². The monoisotopic (exact) mass is 317 g/mol. The van der Waals surface area contributed by atoms with E-state index >= 15 is 0 Å². The summed E-state index contributed by atoms with van der Waals surface area (Å²) in [6, 6.07) is 10.4. The molecule has 3 rings (SSSR count). The van der Waals surface area contributed by atoms with Crippen LogP contribution in [0.3, 0.4) is 0 Å². The Morgan fingerprint density at radius 2 is 1.95 bits per heavy atom. The smallest absolute Gasteiger partial charge is 0.243 e. The molecule has 1 atom stereocenters. The highest BCUT2D eigenvalue weighted by Gasteiger charge is 2.37. The van der Waals surface area contributed by atoms with Crippen molar-refractivity contribution < 1.29 is 8.42 Å². The summed E-state index contributed by atoms with van der Waals surface area (Å²) in [5.74, 6) is 0.401. The maximum absolute atomic E-state index is 12.9. The second-order valence-electron chi connectivity index (χ2n) is 5.56. The lowest BCUT2D eigenvalue weighted by Gasteiger charge is -2.25. The molecule has 2 heterocycles. The van der Waals surface area contributed by atoms with E-state index in [1.807, 2.05) is 25.1 Å². The van der Waals surface area contributed by atoms with Crippen LogP contribution in [0, 0.1) is 6.92 Å². The van der Waals surface area contributed by atoms with E-state index in [9.17, 15) is 8.42 Å². The second kappa shape index (κ2) is 5.70. The fraction of sp³-hybridized carbons (Fsp3) is 0.312. The van der Waals surface area contributed by atoms with Gasteiger partial charge < -0.3 is 5.73 Å². The highest BCUT2D eigenvalue weighted by Crippen LogP contribution is 2.38. The summed E-state index contributed by atoms with van der Waals surface area (Å²) in [5, 5.41) is 0. The fourth-order valence-corrected chi connectivity index (χ4v) is 4.57. The first kappa shape index (κ1) is 15.0. The van der Waals surface area contributed by atoms with Gasteiger partial charge in [-0.1, -0.05) is 23.8 Å². The average molecular weight is 317 g/mol. The molecule has 22 heavy (non-hydrogen) atoms. The van der Waals surface area contributed by atoms with Crippen LogP contribution >= 0.6 is 0 Å². The Bertz CT molecular complexity index is 772. The van der Waals surface area contributed by atoms with Crippen LogP contribution in [-0.2, 0) is 10.0 Å². The summed E-state index contributed by atoms with van der Waals surface area (Å²) in [7, 11) is -3.52. The van der Waals surface area contributed by atoms with E-state index in [0.29, 0.717) is 17.3 Å². The van der Waals surface area contributed by atoms with Gasteiger partial charge in [-0.15, -0.1) is 0 Å². The zero-order valence-corrected chi connectivity index (χ0v) is 13.3. The van der Waals surface area contributed by atoms with Gasteiger partial charge in [-0.2, -0.15) is 4.31 Å². The number of pyridine rings is 1.